The van der Waals surface area contributed by atoms with Gasteiger partial charge in [0.2, 0.25) is 0 Å². The zero-order chi connectivity index (χ0) is 14.7. The van der Waals surface area contributed by atoms with Crippen molar-refractivity contribution in [3.05, 3.63) is 69.5 Å². The van der Waals surface area contributed by atoms with E-state index in [4.69, 9.17) is 11.6 Å². The predicted molar refractivity (Wildman–Crippen MR) is 80.0 cm³/mol. The topological polar surface area (TPSA) is 17.1 Å². The average molecular weight is 291 g/mol. The Morgan fingerprint density at radius 3 is 2.50 bits per heavy atom. The number of hydrogen-bond acceptors (Lipinski definition) is 1. The van der Waals surface area contributed by atoms with Crippen LogP contribution in [0.3, 0.4) is 0 Å². The van der Waals surface area contributed by atoms with E-state index in [-0.39, 0.29) is 10.8 Å². The van der Waals surface area contributed by atoms with Crippen molar-refractivity contribution in [2.45, 2.75) is 26.7 Å². The Bertz CT molecular complexity index is 649. The van der Waals surface area contributed by atoms with Gasteiger partial charge >= 0.3 is 0 Å². The van der Waals surface area contributed by atoms with E-state index in [0.29, 0.717) is 18.4 Å². The molecular formula is C17H16ClFO. The number of rotatable bonds is 4. The van der Waals surface area contributed by atoms with Gasteiger partial charge in [-0.2, -0.15) is 0 Å². The number of Topliss-reactive ketones (excluding diaryl/α,β-unsaturated/α-hetero) is 1. The van der Waals surface area contributed by atoms with Crippen molar-refractivity contribution in [2.24, 2.45) is 0 Å². The molecule has 0 fully saturated rings. The number of ketones is 1. The third-order valence-electron chi connectivity index (χ3n) is 3.44. The van der Waals surface area contributed by atoms with Crippen molar-refractivity contribution >= 4 is 17.4 Å². The summed E-state index contributed by atoms with van der Waals surface area (Å²) >= 11 is 5.89. The third-order valence-corrected chi connectivity index (χ3v) is 3.76. The first-order valence-corrected chi connectivity index (χ1v) is 6.89. The quantitative estimate of drug-likeness (QED) is 0.731. The normalized spacial score (nSPS) is 10.6. The Morgan fingerprint density at radius 2 is 1.85 bits per heavy atom. The van der Waals surface area contributed by atoms with E-state index >= 15 is 0 Å². The monoisotopic (exact) mass is 290 g/mol. The summed E-state index contributed by atoms with van der Waals surface area (Å²) in [6.07, 6.45) is 1.03. The van der Waals surface area contributed by atoms with Crippen LogP contribution in [0.2, 0.25) is 5.02 Å². The fraction of sp³-hybridized carbons (Fsp3) is 0.235. The van der Waals surface area contributed by atoms with E-state index in [1.54, 1.807) is 0 Å². The molecule has 2 aromatic carbocycles. The Balaban J connectivity index is 2.06. The molecule has 0 amide bonds. The second-order valence-electron chi connectivity index (χ2n) is 4.97. The summed E-state index contributed by atoms with van der Waals surface area (Å²) in [4.78, 5) is 12.1. The van der Waals surface area contributed by atoms with Gasteiger partial charge in [-0.3, -0.25) is 4.79 Å². The van der Waals surface area contributed by atoms with Gasteiger partial charge in [-0.25, -0.2) is 4.39 Å². The number of halogens is 2. The molecule has 2 aromatic rings. The highest BCUT2D eigenvalue weighted by molar-refractivity contribution is 6.33. The van der Waals surface area contributed by atoms with Gasteiger partial charge in [0.05, 0.1) is 5.02 Å². The molecule has 0 aliphatic heterocycles. The molecule has 104 valence electrons. The van der Waals surface area contributed by atoms with Gasteiger partial charge in [0.25, 0.3) is 0 Å². The molecule has 20 heavy (non-hydrogen) atoms. The molecule has 0 aliphatic carbocycles. The van der Waals surface area contributed by atoms with Crippen LogP contribution >= 0.6 is 11.6 Å². The zero-order valence-corrected chi connectivity index (χ0v) is 12.3. The molecule has 0 unspecified atom stereocenters. The molecule has 3 heteroatoms. The minimum atomic E-state index is -0.430. The second-order valence-corrected chi connectivity index (χ2v) is 5.37. The summed E-state index contributed by atoms with van der Waals surface area (Å²) in [7, 11) is 0. The van der Waals surface area contributed by atoms with Gasteiger partial charge in [-0.05, 0) is 55.2 Å². The van der Waals surface area contributed by atoms with Gasteiger partial charge in [0.1, 0.15) is 5.82 Å². The van der Waals surface area contributed by atoms with E-state index in [1.807, 2.05) is 6.07 Å². The lowest BCUT2D eigenvalue weighted by Gasteiger charge is -2.06. The summed E-state index contributed by atoms with van der Waals surface area (Å²) in [6, 6.07) is 10.1. The second kappa shape index (κ2) is 6.19. The third kappa shape index (κ3) is 3.45. The SMILES string of the molecule is Cc1ccc(CCC(=O)c2ccc(F)cc2Cl)cc1C. The van der Waals surface area contributed by atoms with Gasteiger partial charge in [0.15, 0.2) is 5.78 Å². The molecule has 0 heterocycles. The van der Waals surface area contributed by atoms with Crippen LogP contribution in [0.5, 0.6) is 0 Å². The van der Waals surface area contributed by atoms with Gasteiger partial charge < -0.3 is 0 Å². The van der Waals surface area contributed by atoms with Crippen LogP contribution in [-0.2, 0) is 6.42 Å². The smallest absolute Gasteiger partial charge is 0.164 e. The van der Waals surface area contributed by atoms with Gasteiger partial charge in [-0.1, -0.05) is 29.8 Å². The van der Waals surface area contributed by atoms with Crippen molar-refractivity contribution in [3.63, 3.8) is 0 Å². The molecule has 0 saturated heterocycles. The average Bonchev–Trinajstić information content (AvgIpc) is 2.40. The molecule has 0 radical (unpaired) electrons. The highest BCUT2D eigenvalue weighted by atomic mass is 35.5. The van der Waals surface area contributed by atoms with Crippen LogP contribution in [0.1, 0.15) is 33.5 Å². The summed E-state index contributed by atoms with van der Waals surface area (Å²) < 4.78 is 12.9. The Labute approximate surface area is 123 Å². The molecule has 0 bridgehead atoms. The molecular weight excluding hydrogens is 275 g/mol. The van der Waals surface area contributed by atoms with Gasteiger partial charge in [0, 0.05) is 12.0 Å². The lowest BCUT2D eigenvalue weighted by molar-refractivity contribution is 0.0983. The van der Waals surface area contributed by atoms with Crippen LogP contribution in [0.15, 0.2) is 36.4 Å². The maximum atomic E-state index is 12.9. The van der Waals surface area contributed by atoms with Crippen molar-refractivity contribution in [3.8, 4) is 0 Å². The first-order valence-electron chi connectivity index (χ1n) is 6.52. The molecule has 0 aliphatic rings. The highest BCUT2D eigenvalue weighted by Crippen LogP contribution is 2.20. The van der Waals surface area contributed by atoms with Crippen LogP contribution in [-0.4, -0.2) is 5.78 Å². The number of benzene rings is 2. The standard InChI is InChI=1S/C17H16ClFO/c1-11-3-4-13(9-12(11)2)5-8-17(20)15-7-6-14(19)10-16(15)18/h3-4,6-7,9-10H,5,8H2,1-2H3. The summed E-state index contributed by atoms with van der Waals surface area (Å²) in [5.41, 5.74) is 3.97. The largest absolute Gasteiger partial charge is 0.294 e. The van der Waals surface area contributed by atoms with E-state index in [1.165, 1.54) is 29.3 Å². The summed E-state index contributed by atoms with van der Waals surface area (Å²) in [5, 5.41) is 0.176. The van der Waals surface area contributed by atoms with Crippen LogP contribution in [0, 0.1) is 19.7 Å². The molecule has 0 atom stereocenters. The first kappa shape index (κ1) is 14.7. The molecule has 0 saturated carbocycles. The number of hydrogen-bond donors (Lipinski definition) is 0. The Morgan fingerprint density at radius 1 is 1.10 bits per heavy atom. The van der Waals surface area contributed by atoms with Crippen molar-refractivity contribution in [1.82, 2.24) is 0 Å². The first-order chi connectivity index (χ1) is 9.47. The van der Waals surface area contributed by atoms with Crippen molar-refractivity contribution < 1.29 is 9.18 Å². The highest BCUT2D eigenvalue weighted by Gasteiger charge is 2.11. The fourth-order valence-corrected chi connectivity index (χ4v) is 2.34. The Kier molecular flexibility index (Phi) is 4.56. The summed E-state index contributed by atoms with van der Waals surface area (Å²) in [6.45, 7) is 4.11. The summed E-state index contributed by atoms with van der Waals surface area (Å²) in [5.74, 6) is -0.492. The molecule has 2 rings (SSSR count). The van der Waals surface area contributed by atoms with E-state index in [9.17, 15) is 9.18 Å². The maximum absolute atomic E-state index is 12.9. The van der Waals surface area contributed by atoms with Crippen LogP contribution in [0.25, 0.3) is 0 Å². The van der Waals surface area contributed by atoms with E-state index in [2.05, 4.69) is 26.0 Å². The fourth-order valence-electron chi connectivity index (χ4n) is 2.07. The predicted octanol–water partition coefficient (Wildman–Crippen LogP) is 4.91. The van der Waals surface area contributed by atoms with Crippen LogP contribution in [0.4, 0.5) is 4.39 Å². The minimum absolute atomic E-state index is 0.0618. The van der Waals surface area contributed by atoms with Crippen molar-refractivity contribution in [2.75, 3.05) is 0 Å². The van der Waals surface area contributed by atoms with Gasteiger partial charge in [-0.15, -0.1) is 0 Å². The lowest BCUT2D eigenvalue weighted by atomic mass is 10.00. The number of carbonyl (C=O) groups is 1. The minimum Gasteiger partial charge on any atom is -0.294 e. The molecule has 0 aromatic heterocycles. The maximum Gasteiger partial charge on any atom is 0.164 e. The Hall–Kier alpha value is -1.67. The van der Waals surface area contributed by atoms with Crippen LogP contribution < -0.4 is 0 Å². The molecule has 1 nitrogen and oxygen atoms in total. The number of carbonyl (C=O) groups excluding carboxylic acids is 1. The van der Waals surface area contributed by atoms with Crippen molar-refractivity contribution in [1.29, 1.82) is 0 Å². The van der Waals surface area contributed by atoms with E-state index in [0.717, 1.165) is 5.56 Å². The molecule has 0 spiro atoms. The van der Waals surface area contributed by atoms with E-state index < -0.39 is 5.82 Å². The number of aryl methyl sites for hydroxylation is 3. The zero-order valence-electron chi connectivity index (χ0n) is 11.5. The molecule has 0 N–H and O–H groups in total. The lowest BCUT2D eigenvalue weighted by Crippen LogP contribution is -2.02.